The van der Waals surface area contributed by atoms with Gasteiger partial charge in [-0.1, -0.05) is 30.3 Å². The van der Waals surface area contributed by atoms with Crippen molar-refractivity contribution in [1.29, 1.82) is 0 Å². The van der Waals surface area contributed by atoms with Crippen LogP contribution in [0.1, 0.15) is 22.3 Å². The molecule has 0 aliphatic rings. The minimum absolute atomic E-state index is 0.110. The summed E-state index contributed by atoms with van der Waals surface area (Å²) in [5.41, 5.74) is 0.370. The zero-order valence-corrected chi connectivity index (χ0v) is 19.3. The number of aromatic nitrogens is 1. The van der Waals surface area contributed by atoms with Crippen molar-refractivity contribution in [3.8, 4) is 0 Å². The van der Waals surface area contributed by atoms with Crippen molar-refractivity contribution >= 4 is 20.9 Å². The first-order valence-corrected chi connectivity index (χ1v) is 11.9. The van der Waals surface area contributed by atoms with E-state index in [1.54, 1.807) is 18.2 Å². The molecule has 4 rings (SSSR count). The molecule has 4 aromatic rings. The van der Waals surface area contributed by atoms with Crippen molar-refractivity contribution in [2.24, 2.45) is 0 Å². The summed E-state index contributed by atoms with van der Waals surface area (Å²) in [6.07, 6.45) is -4.74. The number of benzene rings is 3. The van der Waals surface area contributed by atoms with E-state index in [4.69, 9.17) is 0 Å². The Morgan fingerprint density at radius 1 is 0.914 bits per heavy atom. The van der Waals surface area contributed by atoms with Gasteiger partial charge in [0, 0.05) is 24.2 Å². The molecule has 1 aromatic heterocycles. The largest absolute Gasteiger partial charge is 0.416 e. The second kappa shape index (κ2) is 9.27. The van der Waals surface area contributed by atoms with Crippen LogP contribution in [-0.2, 0) is 29.3 Å². The number of rotatable bonds is 6. The van der Waals surface area contributed by atoms with Crippen molar-refractivity contribution in [1.82, 2.24) is 9.29 Å². The molecule has 0 bridgehead atoms. The number of hydrogen-bond acceptors (Lipinski definition) is 3. The fourth-order valence-electron chi connectivity index (χ4n) is 3.67. The summed E-state index contributed by atoms with van der Waals surface area (Å²) in [5.74, 6) is -0.526. The second-order valence-electron chi connectivity index (χ2n) is 8.14. The van der Waals surface area contributed by atoms with Crippen LogP contribution in [0.15, 0.2) is 82.5 Å². The number of pyridine rings is 1. The van der Waals surface area contributed by atoms with Crippen LogP contribution in [0.2, 0.25) is 0 Å². The van der Waals surface area contributed by atoms with Crippen LogP contribution < -0.4 is 5.56 Å². The van der Waals surface area contributed by atoms with Crippen molar-refractivity contribution in [3.63, 3.8) is 0 Å². The SMILES string of the molecule is Cc1ccc2cc(CN(Cc3ccc(F)cc3)S(=O)(=O)c3cccc(C(F)(F)F)c3)c(=O)[nH]c2c1. The molecule has 5 nitrogen and oxygen atoms in total. The quantitative estimate of drug-likeness (QED) is 0.358. The third-order valence-electron chi connectivity index (χ3n) is 5.50. The maximum Gasteiger partial charge on any atom is 0.416 e. The van der Waals surface area contributed by atoms with Gasteiger partial charge in [-0.2, -0.15) is 17.5 Å². The van der Waals surface area contributed by atoms with Crippen LogP contribution in [0.5, 0.6) is 0 Å². The Morgan fingerprint density at radius 2 is 1.63 bits per heavy atom. The number of nitrogens with one attached hydrogen (secondary N) is 1. The van der Waals surface area contributed by atoms with E-state index in [2.05, 4.69) is 4.98 Å². The summed E-state index contributed by atoms with van der Waals surface area (Å²) in [4.78, 5) is 14.9. The number of alkyl halides is 3. The highest BCUT2D eigenvalue weighted by atomic mass is 32.2. The van der Waals surface area contributed by atoms with Gasteiger partial charge in [0.25, 0.3) is 5.56 Å². The predicted octanol–water partition coefficient (Wildman–Crippen LogP) is 5.39. The van der Waals surface area contributed by atoms with E-state index in [1.165, 1.54) is 12.1 Å². The smallest absolute Gasteiger partial charge is 0.322 e. The molecule has 0 aliphatic heterocycles. The third kappa shape index (κ3) is 5.44. The van der Waals surface area contributed by atoms with Crippen LogP contribution in [0.4, 0.5) is 17.6 Å². The van der Waals surface area contributed by atoms with Gasteiger partial charge in [-0.15, -0.1) is 0 Å². The Hall–Kier alpha value is -3.50. The minimum atomic E-state index is -4.74. The highest BCUT2D eigenvalue weighted by Crippen LogP contribution is 2.31. The lowest BCUT2D eigenvalue weighted by atomic mass is 10.1. The molecule has 1 heterocycles. The number of H-pyrrole nitrogens is 1. The van der Waals surface area contributed by atoms with Crippen LogP contribution in [0.3, 0.4) is 0 Å². The lowest BCUT2D eigenvalue weighted by molar-refractivity contribution is -0.137. The number of nitrogens with zero attached hydrogens (tertiary/aromatic N) is 1. The zero-order valence-electron chi connectivity index (χ0n) is 18.4. The highest BCUT2D eigenvalue weighted by Gasteiger charge is 2.33. The number of hydrogen-bond donors (Lipinski definition) is 1. The molecular formula is C25H20F4N2O3S. The average Bonchev–Trinajstić information content (AvgIpc) is 2.80. The molecule has 0 spiro atoms. The van der Waals surface area contributed by atoms with Gasteiger partial charge in [0.2, 0.25) is 10.0 Å². The van der Waals surface area contributed by atoms with E-state index in [0.29, 0.717) is 22.5 Å². The summed E-state index contributed by atoms with van der Waals surface area (Å²) in [7, 11) is -4.48. The molecule has 0 radical (unpaired) electrons. The fraction of sp³-hybridized carbons (Fsp3) is 0.160. The van der Waals surface area contributed by atoms with Crippen LogP contribution in [0.25, 0.3) is 10.9 Å². The molecule has 1 N–H and O–H groups in total. The molecule has 0 aliphatic carbocycles. The van der Waals surface area contributed by atoms with E-state index < -0.39 is 44.6 Å². The average molecular weight is 505 g/mol. The van der Waals surface area contributed by atoms with E-state index >= 15 is 0 Å². The van der Waals surface area contributed by atoms with Gasteiger partial charge in [-0.25, -0.2) is 12.8 Å². The molecule has 3 aromatic carbocycles. The van der Waals surface area contributed by atoms with E-state index in [-0.39, 0.29) is 12.1 Å². The third-order valence-corrected chi connectivity index (χ3v) is 7.28. The molecule has 0 atom stereocenters. The maximum atomic E-state index is 13.5. The molecule has 0 fully saturated rings. The summed E-state index contributed by atoms with van der Waals surface area (Å²) < 4.78 is 80.9. The summed E-state index contributed by atoms with van der Waals surface area (Å²) >= 11 is 0. The van der Waals surface area contributed by atoms with Crippen LogP contribution in [0, 0.1) is 12.7 Å². The van der Waals surface area contributed by atoms with E-state index in [0.717, 1.165) is 40.2 Å². The van der Waals surface area contributed by atoms with Crippen molar-refractivity contribution < 1.29 is 26.0 Å². The van der Waals surface area contributed by atoms with Gasteiger partial charge < -0.3 is 4.98 Å². The molecule has 0 unspecified atom stereocenters. The lowest BCUT2D eigenvalue weighted by Gasteiger charge is -2.23. The Kier molecular flexibility index (Phi) is 6.52. The normalized spacial score (nSPS) is 12.4. The second-order valence-corrected chi connectivity index (χ2v) is 10.1. The Morgan fingerprint density at radius 3 is 2.31 bits per heavy atom. The molecule has 182 valence electrons. The van der Waals surface area contributed by atoms with Crippen LogP contribution in [-0.4, -0.2) is 17.7 Å². The van der Waals surface area contributed by atoms with Gasteiger partial charge in [-0.3, -0.25) is 4.79 Å². The summed E-state index contributed by atoms with van der Waals surface area (Å²) in [6.45, 7) is 1.16. The van der Waals surface area contributed by atoms with E-state index in [9.17, 15) is 30.8 Å². The van der Waals surface area contributed by atoms with Crippen molar-refractivity contribution in [2.75, 3.05) is 0 Å². The first-order valence-electron chi connectivity index (χ1n) is 10.5. The predicted molar refractivity (Wildman–Crippen MR) is 124 cm³/mol. The minimum Gasteiger partial charge on any atom is -0.322 e. The Balaban J connectivity index is 1.79. The van der Waals surface area contributed by atoms with Gasteiger partial charge in [-0.05, 0) is 65.9 Å². The summed E-state index contributed by atoms with van der Waals surface area (Å²) in [5, 5.41) is 0.670. The molecule has 10 heteroatoms. The Bertz CT molecular complexity index is 1550. The number of aromatic amines is 1. The highest BCUT2D eigenvalue weighted by molar-refractivity contribution is 7.89. The number of fused-ring (bicyclic) bond motifs is 1. The number of halogens is 4. The molecular weight excluding hydrogens is 484 g/mol. The van der Waals surface area contributed by atoms with Gasteiger partial charge in [0.1, 0.15) is 5.82 Å². The van der Waals surface area contributed by atoms with Gasteiger partial charge >= 0.3 is 6.18 Å². The molecule has 35 heavy (non-hydrogen) atoms. The van der Waals surface area contributed by atoms with Crippen LogP contribution >= 0.6 is 0 Å². The maximum absolute atomic E-state index is 13.5. The Labute approximate surface area is 198 Å². The first-order chi connectivity index (χ1) is 16.4. The summed E-state index contributed by atoms with van der Waals surface area (Å²) in [6, 6.07) is 15.4. The molecule has 0 saturated heterocycles. The standard InChI is InChI=1S/C25H20F4N2O3S/c1-16-5-8-18-12-19(24(32)30-23(18)11-16)15-31(14-17-6-9-21(26)10-7-17)35(33,34)22-4-2-3-20(13-22)25(27,28)29/h2-13H,14-15H2,1H3,(H,30,32). The molecule has 0 saturated carbocycles. The fourth-order valence-corrected chi connectivity index (χ4v) is 5.12. The van der Waals surface area contributed by atoms with Crippen molar-refractivity contribution in [3.05, 3.63) is 111 Å². The zero-order chi connectivity index (χ0) is 25.4. The monoisotopic (exact) mass is 504 g/mol. The lowest BCUT2D eigenvalue weighted by Crippen LogP contribution is -2.32. The first kappa shape index (κ1) is 24.6. The molecule has 0 amide bonds. The van der Waals surface area contributed by atoms with Crippen molar-refractivity contribution in [2.45, 2.75) is 31.1 Å². The number of sulfonamides is 1. The van der Waals surface area contributed by atoms with Gasteiger partial charge in [0.15, 0.2) is 0 Å². The number of aryl methyl sites for hydroxylation is 1. The van der Waals surface area contributed by atoms with Gasteiger partial charge in [0.05, 0.1) is 10.5 Å². The van der Waals surface area contributed by atoms with E-state index in [1.807, 2.05) is 13.0 Å². The topological polar surface area (TPSA) is 70.2 Å².